The van der Waals surface area contributed by atoms with Crippen LogP contribution in [0.1, 0.15) is 10.4 Å². The van der Waals surface area contributed by atoms with Gasteiger partial charge in [-0.2, -0.15) is 0 Å². The summed E-state index contributed by atoms with van der Waals surface area (Å²) in [6, 6.07) is 3.93. The molecule has 1 heterocycles. The van der Waals surface area contributed by atoms with Crippen molar-refractivity contribution >= 4 is 35.3 Å². The lowest BCUT2D eigenvalue weighted by atomic mass is 10.2. The lowest BCUT2D eigenvalue weighted by Gasteiger charge is -2.14. The molecule has 0 aliphatic carbocycles. The number of rotatable bonds is 5. The molecule has 1 aromatic carbocycles. The number of halogens is 1. The highest BCUT2D eigenvalue weighted by Crippen LogP contribution is 2.21. The van der Waals surface area contributed by atoms with E-state index < -0.39 is 12.0 Å². The number of methoxy groups -OCH3 is 1. The second kappa shape index (κ2) is 7.68. The number of benzene rings is 1. The molecule has 3 N–H and O–H groups in total. The fourth-order valence-corrected chi connectivity index (χ4v) is 2.27. The summed E-state index contributed by atoms with van der Waals surface area (Å²) in [6.45, 7) is 1.98. The van der Waals surface area contributed by atoms with Gasteiger partial charge < -0.3 is 25.6 Å². The van der Waals surface area contributed by atoms with E-state index in [1.54, 1.807) is 11.0 Å². The van der Waals surface area contributed by atoms with Gasteiger partial charge in [0.25, 0.3) is 0 Å². The van der Waals surface area contributed by atoms with Crippen LogP contribution < -0.4 is 16.0 Å². The lowest BCUT2D eigenvalue weighted by Crippen LogP contribution is -2.38. The van der Waals surface area contributed by atoms with Gasteiger partial charge in [-0.15, -0.1) is 0 Å². The van der Waals surface area contributed by atoms with Gasteiger partial charge in [-0.05, 0) is 18.2 Å². The Morgan fingerprint density at radius 3 is 2.87 bits per heavy atom. The SMILES string of the molecule is COC(=O)c1cc(NC(=O)NCCN2CCNC2=O)ccc1Cl. The molecule has 8 nitrogen and oxygen atoms in total. The third kappa shape index (κ3) is 4.49. The van der Waals surface area contributed by atoms with Crippen molar-refractivity contribution in [3.05, 3.63) is 28.8 Å². The molecule has 9 heteroatoms. The standard InChI is InChI=1S/C14H17ClN4O4/c1-23-12(20)10-8-9(2-3-11(10)15)18-13(21)16-4-6-19-7-5-17-14(19)22/h2-3,8H,4-7H2,1H3,(H,17,22)(H2,16,18,21). The molecular weight excluding hydrogens is 324 g/mol. The molecule has 0 spiro atoms. The van der Waals surface area contributed by atoms with E-state index in [2.05, 4.69) is 20.7 Å². The van der Waals surface area contributed by atoms with E-state index in [4.69, 9.17) is 11.6 Å². The number of urea groups is 2. The van der Waals surface area contributed by atoms with Gasteiger partial charge in [-0.25, -0.2) is 14.4 Å². The van der Waals surface area contributed by atoms with Crippen LogP contribution in [0.2, 0.25) is 5.02 Å². The number of esters is 1. The highest BCUT2D eigenvalue weighted by atomic mass is 35.5. The highest BCUT2D eigenvalue weighted by Gasteiger charge is 2.18. The molecule has 4 amide bonds. The molecule has 2 rings (SSSR count). The fraction of sp³-hybridized carbons (Fsp3) is 0.357. The molecule has 0 atom stereocenters. The molecule has 23 heavy (non-hydrogen) atoms. The number of hydrogen-bond donors (Lipinski definition) is 3. The van der Waals surface area contributed by atoms with Crippen molar-refractivity contribution in [3.63, 3.8) is 0 Å². The average Bonchev–Trinajstić information content (AvgIpc) is 2.94. The first kappa shape index (κ1) is 16.9. The maximum atomic E-state index is 11.8. The summed E-state index contributed by atoms with van der Waals surface area (Å²) in [5.74, 6) is -0.584. The fourth-order valence-electron chi connectivity index (χ4n) is 2.07. The third-order valence-electron chi connectivity index (χ3n) is 3.24. The Hall–Kier alpha value is -2.48. The van der Waals surface area contributed by atoms with Gasteiger partial charge in [-0.1, -0.05) is 11.6 Å². The molecule has 0 unspecified atom stereocenters. The van der Waals surface area contributed by atoms with E-state index in [1.165, 1.54) is 19.2 Å². The van der Waals surface area contributed by atoms with E-state index in [1.807, 2.05) is 0 Å². The van der Waals surface area contributed by atoms with Crippen molar-refractivity contribution in [3.8, 4) is 0 Å². The van der Waals surface area contributed by atoms with E-state index >= 15 is 0 Å². The summed E-state index contributed by atoms with van der Waals surface area (Å²) in [6.07, 6.45) is 0. The second-order valence-corrected chi connectivity index (χ2v) is 5.19. The number of ether oxygens (including phenoxy) is 1. The van der Waals surface area contributed by atoms with E-state index in [-0.39, 0.29) is 16.6 Å². The molecule has 1 aliphatic rings. The number of carbonyl (C=O) groups is 3. The Morgan fingerprint density at radius 2 is 2.22 bits per heavy atom. The Morgan fingerprint density at radius 1 is 1.43 bits per heavy atom. The first-order chi connectivity index (χ1) is 11.0. The topological polar surface area (TPSA) is 99.8 Å². The summed E-state index contributed by atoms with van der Waals surface area (Å²) < 4.78 is 4.61. The van der Waals surface area contributed by atoms with Crippen LogP contribution in [0.4, 0.5) is 15.3 Å². The van der Waals surface area contributed by atoms with Crippen molar-refractivity contribution in [2.45, 2.75) is 0 Å². The van der Waals surface area contributed by atoms with Crippen molar-refractivity contribution < 1.29 is 19.1 Å². The van der Waals surface area contributed by atoms with Crippen molar-refractivity contribution in [1.29, 1.82) is 0 Å². The monoisotopic (exact) mass is 340 g/mol. The van der Waals surface area contributed by atoms with Gasteiger partial charge in [0.1, 0.15) is 0 Å². The van der Waals surface area contributed by atoms with Crippen LogP contribution in [-0.4, -0.2) is 56.2 Å². The van der Waals surface area contributed by atoms with Crippen LogP contribution >= 0.6 is 11.6 Å². The number of anilines is 1. The summed E-state index contributed by atoms with van der Waals surface area (Å²) in [5, 5.41) is 8.14. The minimum Gasteiger partial charge on any atom is -0.465 e. The van der Waals surface area contributed by atoms with Crippen LogP contribution in [0.3, 0.4) is 0 Å². The molecule has 124 valence electrons. The maximum Gasteiger partial charge on any atom is 0.339 e. The van der Waals surface area contributed by atoms with Crippen LogP contribution in [-0.2, 0) is 4.74 Å². The predicted molar refractivity (Wildman–Crippen MR) is 84.8 cm³/mol. The van der Waals surface area contributed by atoms with Crippen molar-refractivity contribution in [2.24, 2.45) is 0 Å². The molecule has 0 aromatic heterocycles. The number of hydrogen-bond acceptors (Lipinski definition) is 4. The van der Waals surface area contributed by atoms with Crippen LogP contribution in [0.5, 0.6) is 0 Å². The average molecular weight is 341 g/mol. The third-order valence-corrected chi connectivity index (χ3v) is 3.57. The van der Waals surface area contributed by atoms with Gasteiger partial charge in [0, 0.05) is 31.9 Å². The zero-order valence-corrected chi connectivity index (χ0v) is 13.3. The predicted octanol–water partition coefficient (Wildman–Crippen LogP) is 1.27. The largest absolute Gasteiger partial charge is 0.465 e. The molecule has 1 aromatic rings. The first-order valence-corrected chi connectivity index (χ1v) is 7.34. The Bertz CT molecular complexity index is 623. The second-order valence-electron chi connectivity index (χ2n) is 4.79. The zero-order chi connectivity index (χ0) is 16.8. The summed E-state index contributed by atoms with van der Waals surface area (Å²) in [4.78, 5) is 36.3. The summed E-state index contributed by atoms with van der Waals surface area (Å²) >= 11 is 5.90. The lowest BCUT2D eigenvalue weighted by molar-refractivity contribution is 0.0601. The molecule has 1 saturated heterocycles. The van der Waals surface area contributed by atoms with Gasteiger partial charge >= 0.3 is 18.0 Å². The molecule has 0 radical (unpaired) electrons. The van der Waals surface area contributed by atoms with E-state index in [0.717, 1.165) is 0 Å². The van der Waals surface area contributed by atoms with Gasteiger partial charge in [-0.3, -0.25) is 0 Å². The summed E-state index contributed by atoms with van der Waals surface area (Å²) in [7, 11) is 1.25. The zero-order valence-electron chi connectivity index (χ0n) is 12.5. The Kier molecular flexibility index (Phi) is 5.64. The minimum atomic E-state index is -0.584. The van der Waals surface area contributed by atoms with E-state index in [0.29, 0.717) is 31.9 Å². The molecule has 1 fully saturated rings. The minimum absolute atomic E-state index is 0.132. The summed E-state index contributed by atoms with van der Waals surface area (Å²) in [5.41, 5.74) is 0.576. The molecular formula is C14H17ClN4O4. The maximum absolute atomic E-state index is 11.8. The Labute approximate surface area is 138 Å². The number of nitrogens with zero attached hydrogens (tertiary/aromatic N) is 1. The van der Waals surface area contributed by atoms with Gasteiger partial charge in [0.05, 0.1) is 17.7 Å². The van der Waals surface area contributed by atoms with Crippen LogP contribution in [0, 0.1) is 0 Å². The van der Waals surface area contributed by atoms with Gasteiger partial charge in [0.15, 0.2) is 0 Å². The van der Waals surface area contributed by atoms with Crippen molar-refractivity contribution in [2.75, 3.05) is 38.6 Å². The van der Waals surface area contributed by atoms with Gasteiger partial charge in [0.2, 0.25) is 0 Å². The van der Waals surface area contributed by atoms with Crippen LogP contribution in [0.15, 0.2) is 18.2 Å². The smallest absolute Gasteiger partial charge is 0.339 e. The molecule has 1 aliphatic heterocycles. The van der Waals surface area contributed by atoms with Crippen LogP contribution in [0.25, 0.3) is 0 Å². The first-order valence-electron chi connectivity index (χ1n) is 6.96. The number of nitrogens with one attached hydrogen (secondary N) is 3. The molecule has 0 bridgehead atoms. The number of carbonyl (C=O) groups excluding carboxylic acids is 3. The highest BCUT2D eigenvalue weighted by molar-refractivity contribution is 6.33. The van der Waals surface area contributed by atoms with Crippen molar-refractivity contribution in [1.82, 2.24) is 15.5 Å². The normalized spacial score (nSPS) is 13.5. The quantitative estimate of drug-likeness (QED) is 0.703. The Balaban J connectivity index is 1.85. The number of amides is 4. The van der Waals surface area contributed by atoms with E-state index in [9.17, 15) is 14.4 Å². The molecule has 0 saturated carbocycles.